The minimum Gasteiger partial charge on any atom is -0.493 e. The number of piperazine rings is 1. The number of hydrogen-bond acceptors (Lipinski definition) is 5. The van der Waals surface area contributed by atoms with Gasteiger partial charge in [0.15, 0.2) is 17.6 Å². The van der Waals surface area contributed by atoms with E-state index in [1.54, 1.807) is 50.4 Å². The highest BCUT2D eigenvalue weighted by molar-refractivity contribution is 5.98. The molecule has 0 spiro atoms. The third-order valence-electron chi connectivity index (χ3n) is 4.91. The number of carbonyl (C=O) groups is 2. The number of nitrogens with zero attached hydrogens (tertiary/aromatic N) is 2. The van der Waals surface area contributed by atoms with Gasteiger partial charge in [0.1, 0.15) is 0 Å². The van der Waals surface area contributed by atoms with Crippen LogP contribution in [0.1, 0.15) is 17.3 Å². The summed E-state index contributed by atoms with van der Waals surface area (Å²) in [4.78, 5) is 29.3. The Morgan fingerprint density at radius 3 is 2.38 bits per heavy atom. The Hall–Kier alpha value is -3.06. The van der Waals surface area contributed by atoms with E-state index < -0.39 is 6.10 Å². The summed E-state index contributed by atoms with van der Waals surface area (Å²) in [7, 11) is 3.60. The number of likely N-dealkylation sites (N-methyl/N-ethyl adjacent to an activating group) is 1. The maximum atomic E-state index is 12.7. The molecule has 154 valence electrons. The number of rotatable bonds is 6. The molecule has 1 saturated heterocycles. The van der Waals surface area contributed by atoms with Crippen LogP contribution in [0.2, 0.25) is 0 Å². The van der Waals surface area contributed by atoms with E-state index in [1.807, 2.05) is 24.1 Å². The summed E-state index contributed by atoms with van der Waals surface area (Å²) in [6, 6.07) is 14.2. The average molecular weight is 397 g/mol. The lowest BCUT2D eigenvalue weighted by atomic mass is 10.1. The molecular formula is C22H27N3O4. The summed E-state index contributed by atoms with van der Waals surface area (Å²) >= 11 is 0. The molecule has 0 bridgehead atoms. The predicted octanol–water partition coefficient (Wildman–Crippen LogP) is 2.49. The van der Waals surface area contributed by atoms with Gasteiger partial charge in [-0.3, -0.25) is 9.59 Å². The zero-order chi connectivity index (χ0) is 20.8. The molecule has 1 heterocycles. The van der Waals surface area contributed by atoms with E-state index in [0.29, 0.717) is 35.8 Å². The monoisotopic (exact) mass is 397 g/mol. The van der Waals surface area contributed by atoms with Gasteiger partial charge in [0.2, 0.25) is 0 Å². The lowest BCUT2D eigenvalue weighted by molar-refractivity contribution is -0.122. The third-order valence-corrected chi connectivity index (χ3v) is 4.91. The van der Waals surface area contributed by atoms with Crippen LogP contribution < -0.4 is 14.8 Å². The van der Waals surface area contributed by atoms with Crippen molar-refractivity contribution in [2.45, 2.75) is 13.0 Å². The molecule has 1 unspecified atom stereocenters. The topological polar surface area (TPSA) is 71.1 Å². The Bertz CT molecular complexity index is 863. The van der Waals surface area contributed by atoms with E-state index in [1.165, 1.54) is 0 Å². The smallest absolute Gasteiger partial charge is 0.265 e. The van der Waals surface area contributed by atoms with Crippen molar-refractivity contribution in [2.24, 2.45) is 0 Å². The van der Waals surface area contributed by atoms with Crippen LogP contribution in [0.3, 0.4) is 0 Å². The lowest BCUT2D eigenvalue weighted by Crippen LogP contribution is -2.47. The normalized spacial score (nSPS) is 15.5. The zero-order valence-corrected chi connectivity index (χ0v) is 17.1. The van der Waals surface area contributed by atoms with E-state index in [9.17, 15) is 9.59 Å². The minimum absolute atomic E-state index is 0.0208. The van der Waals surface area contributed by atoms with Gasteiger partial charge in [-0.15, -0.1) is 0 Å². The molecule has 0 aliphatic carbocycles. The van der Waals surface area contributed by atoms with Crippen LogP contribution in [-0.4, -0.2) is 68.1 Å². The number of para-hydroxylation sites is 2. The van der Waals surface area contributed by atoms with Gasteiger partial charge in [0.25, 0.3) is 11.8 Å². The molecule has 7 nitrogen and oxygen atoms in total. The molecule has 2 aromatic rings. The molecule has 1 fully saturated rings. The second kappa shape index (κ2) is 9.43. The van der Waals surface area contributed by atoms with Crippen LogP contribution in [0, 0.1) is 0 Å². The fourth-order valence-corrected chi connectivity index (χ4v) is 3.13. The molecule has 3 rings (SSSR count). The standard InChI is InChI=1S/C22H27N3O4/c1-16(29-20-10-5-4-9-19(20)28-3)21(26)23-18-8-6-7-17(15-18)22(27)25-13-11-24(2)12-14-25/h4-10,15-16H,11-14H2,1-3H3,(H,23,26). The Morgan fingerprint density at radius 1 is 1.00 bits per heavy atom. The van der Waals surface area contributed by atoms with Gasteiger partial charge in [-0.1, -0.05) is 18.2 Å². The highest BCUT2D eigenvalue weighted by atomic mass is 16.5. The minimum atomic E-state index is -0.733. The summed E-state index contributed by atoms with van der Waals surface area (Å²) in [6.45, 7) is 4.80. The van der Waals surface area contributed by atoms with Gasteiger partial charge < -0.3 is 24.6 Å². The first kappa shape index (κ1) is 20.7. The number of anilines is 1. The zero-order valence-electron chi connectivity index (χ0n) is 17.1. The fraction of sp³-hybridized carbons (Fsp3) is 0.364. The van der Waals surface area contributed by atoms with Crippen molar-refractivity contribution >= 4 is 17.5 Å². The summed E-state index contributed by atoms with van der Waals surface area (Å²) in [5.74, 6) is 0.733. The van der Waals surface area contributed by atoms with E-state index in [-0.39, 0.29) is 11.8 Å². The molecule has 2 amide bonds. The maximum absolute atomic E-state index is 12.7. The second-order valence-electron chi connectivity index (χ2n) is 7.08. The second-order valence-corrected chi connectivity index (χ2v) is 7.08. The first-order valence-corrected chi connectivity index (χ1v) is 9.66. The number of benzene rings is 2. The highest BCUT2D eigenvalue weighted by Crippen LogP contribution is 2.27. The Labute approximate surface area is 171 Å². The van der Waals surface area contributed by atoms with Gasteiger partial charge in [-0.25, -0.2) is 0 Å². The Balaban J connectivity index is 1.63. The van der Waals surface area contributed by atoms with Crippen LogP contribution in [0.15, 0.2) is 48.5 Å². The van der Waals surface area contributed by atoms with Gasteiger partial charge in [0.05, 0.1) is 7.11 Å². The maximum Gasteiger partial charge on any atom is 0.265 e. The van der Waals surface area contributed by atoms with Crippen molar-refractivity contribution in [2.75, 3.05) is 45.7 Å². The largest absolute Gasteiger partial charge is 0.493 e. The van der Waals surface area contributed by atoms with Gasteiger partial charge in [-0.2, -0.15) is 0 Å². The Kier molecular flexibility index (Phi) is 6.72. The van der Waals surface area contributed by atoms with E-state index in [4.69, 9.17) is 9.47 Å². The van der Waals surface area contributed by atoms with Crippen molar-refractivity contribution in [3.63, 3.8) is 0 Å². The number of amides is 2. The number of ether oxygens (including phenoxy) is 2. The van der Waals surface area contributed by atoms with Crippen molar-refractivity contribution < 1.29 is 19.1 Å². The number of hydrogen-bond donors (Lipinski definition) is 1. The van der Waals surface area contributed by atoms with E-state index >= 15 is 0 Å². The van der Waals surface area contributed by atoms with Crippen molar-refractivity contribution in [3.8, 4) is 11.5 Å². The molecule has 1 N–H and O–H groups in total. The number of nitrogens with one attached hydrogen (secondary N) is 1. The summed E-state index contributed by atoms with van der Waals surface area (Å²) in [6.07, 6.45) is -0.733. The molecule has 1 aliphatic rings. The Morgan fingerprint density at radius 2 is 1.69 bits per heavy atom. The molecule has 0 radical (unpaired) electrons. The SMILES string of the molecule is COc1ccccc1OC(C)C(=O)Nc1cccc(C(=O)N2CCN(C)CC2)c1. The van der Waals surface area contributed by atoms with Gasteiger partial charge >= 0.3 is 0 Å². The quantitative estimate of drug-likeness (QED) is 0.811. The molecule has 29 heavy (non-hydrogen) atoms. The molecule has 0 saturated carbocycles. The lowest BCUT2D eigenvalue weighted by Gasteiger charge is -2.32. The first-order valence-electron chi connectivity index (χ1n) is 9.66. The van der Waals surface area contributed by atoms with Gasteiger partial charge in [0, 0.05) is 37.4 Å². The molecule has 1 atom stereocenters. The van der Waals surface area contributed by atoms with Crippen molar-refractivity contribution in [1.82, 2.24) is 9.80 Å². The fourth-order valence-electron chi connectivity index (χ4n) is 3.13. The highest BCUT2D eigenvalue weighted by Gasteiger charge is 2.21. The van der Waals surface area contributed by atoms with Crippen LogP contribution in [0.25, 0.3) is 0 Å². The van der Waals surface area contributed by atoms with Crippen molar-refractivity contribution in [3.05, 3.63) is 54.1 Å². The molecule has 1 aliphatic heterocycles. The summed E-state index contributed by atoms with van der Waals surface area (Å²) in [5, 5.41) is 2.82. The van der Waals surface area contributed by atoms with E-state index in [0.717, 1.165) is 13.1 Å². The molecule has 0 aromatic heterocycles. The van der Waals surface area contributed by atoms with Crippen LogP contribution >= 0.6 is 0 Å². The number of carbonyl (C=O) groups excluding carboxylic acids is 2. The first-order chi connectivity index (χ1) is 14.0. The molecular weight excluding hydrogens is 370 g/mol. The molecule has 7 heteroatoms. The van der Waals surface area contributed by atoms with E-state index in [2.05, 4.69) is 10.2 Å². The average Bonchev–Trinajstić information content (AvgIpc) is 2.74. The van der Waals surface area contributed by atoms with Crippen LogP contribution in [-0.2, 0) is 4.79 Å². The van der Waals surface area contributed by atoms with Crippen LogP contribution in [0.4, 0.5) is 5.69 Å². The van der Waals surface area contributed by atoms with Crippen LogP contribution in [0.5, 0.6) is 11.5 Å². The number of methoxy groups -OCH3 is 1. The van der Waals surface area contributed by atoms with Gasteiger partial charge in [-0.05, 0) is 44.3 Å². The predicted molar refractivity (Wildman–Crippen MR) is 112 cm³/mol. The summed E-state index contributed by atoms with van der Waals surface area (Å²) < 4.78 is 11.0. The molecule has 2 aromatic carbocycles. The third kappa shape index (κ3) is 5.26. The summed E-state index contributed by atoms with van der Waals surface area (Å²) in [5.41, 5.74) is 1.12. The van der Waals surface area contributed by atoms with Crippen molar-refractivity contribution in [1.29, 1.82) is 0 Å².